The van der Waals surface area contributed by atoms with E-state index in [1.54, 1.807) is 11.3 Å². The Hall–Kier alpha value is -0.870. The Bertz CT molecular complexity index is 408. The molecular weight excluding hydrogens is 256 g/mol. The van der Waals surface area contributed by atoms with Crippen LogP contribution in [0.15, 0.2) is 16.8 Å². The second-order valence-electron chi connectivity index (χ2n) is 5.80. The van der Waals surface area contributed by atoms with E-state index in [0.717, 1.165) is 19.6 Å². The zero-order valence-electron chi connectivity index (χ0n) is 11.3. The highest BCUT2D eigenvalue weighted by atomic mass is 32.1. The molecule has 1 unspecified atom stereocenters. The Morgan fingerprint density at radius 1 is 1.42 bits per heavy atom. The summed E-state index contributed by atoms with van der Waals surface area (Å²) in [7, 11) is 0. The van der Waals surface area contributed by atoms with Gasteiger partial charge in [-0.2, -0.15) is 11.3 Å². The van der Waals surface area contributed by atoms with Gasteiger partial charge in [0.25, 0.3) is 0 Å². The number of nitrogens with one attached hydrogen (secondary N) is 1. The number of rotatable bonds is 5. The first-order valence-electron chi connectivity index (χ1n) is 7.34. The summed E-state index contributed by atoms with van der Waals surface area (Å²) in [5, 5.41) is 7.59. The van der Waals surface area contributed by atoms with Crippen molar-refractivity contribution < 1.29 is 4.79 Å². The van der Waals surface area contributed by atoms with Gasteiger partial charge in [0.1, 0.15) is 0 Å². The second-order valence-corrected chi connectivity index (χ2v) is 6.58. The first-order chi connectivity index (χ1) is 9.33. The van der Waals surface area contributed by atoms with Crippen molar-refractivity contribution in [2.24, 2.45) is 5.92 Å². The highest BCUT2D eigenvalue weighted by Crippen LogP contribution is 2.29. The first kappa shape index (κ1) is 13.1. The normalized spacial score (nSPS) is 23.3. The van der Waals surface area contributed by atoms with Gasteiger partial charge in [-0.3, -0.25) is 4.79 Å². The molecule has 2 fully saturated rings. The van der Waals surface area contributed by atoms with E-state index in [0.29, 0.717) is 24.3 Å². The Labute approximate surface area is 119 Å². The summed E-state index contributed by atoms with van der Waals surface area (Å²) in [4.78, 5) is 14.6. The van der Waals surface area contributed by atoms with Gasteiger partial charge in [0, 0.05) is 12.6 Å². The van der Waals surface area contributed by atoms with Crippen molar-refractivity contribution in [3.8, 4) is 0 Å². The molecule has 1 saturated heterocycles. The minimum Gasteiger partial charge on any atom is -0.339 e. The third-order valence-corrected chi connectivity index (χ3v) is 4.83. The molecule has 4 heteroatoms. The molecule has 1 aliphatic carbocycles. The molecular formula is C15H22N2OS. The Morgan fingerprint density at radius 2 is 2.32 bits per heavy atom. The smallest absolute Gasteiger partial charge is 0.227 e. The maximum atomic E-state index is 12.5. The number of thiophene rings is 1. The lowest BCUT2D eigenvalue weighted by atomic mass is 9.98. The van der Waals surface area contributed by atoms with Crippen molar-refractivity contribution in [2.75, 3.05) is 19.6 Å². The van der Waals surface area contributed by atoms with E-state index in [2.05, 4.69) is 27.0 Å². The third kappa shape index (κ3) is 3.57. The molecule has 1 saturated carbocycles. The summed E-state index contributed by atoms with van der Waals surface area (Å²) in [6.45, 7) is 3.18. The quantitative estimate of drug-likeness (QED) is 0.896. The van der Waals surface area contributed by atoms with Gasteiger partial charge in [-0.15, -0.1) is 0 Å². The van der Waals surface area contributed by atoms with Crippen LogP contribution >= 0.6 is 11.3 Å². The molecule has 1 aromatic rings. The molecule has 1 atom stereocenters. The monoisotopic (exact) mass is 278 g/mol. The van der Waals surface area contributed by atoms with E-state index < -0.39 is 0 Å². The van der Waals surface area contributed by atoms with Gasteiger partial charge in [0.05, 0.1) is 6.42 Å². The SMILES string of the molecule is O=C(Cc1ccsc1)N(CC1CCCNC1)C1CC1. The lowest BCUT2D eigenvalue weighted by Gasteiger charge is -2.30. The van der Waals surface area contributed by atoms with Crippen molar-refractivity contribution >= 4 is 17.2 Å². The van der Waals surface area contributed by atoms with Gasteiger partial charge in [-0.1, -0.05) is 0 Å². The summed E-state index contributed by atoms with van der Waals surface area (Å²) in [6.07, 6.45) is 5.51. The minimum atomic E-state index is 0.325. The number of carbonyl (C=O) groups excluding carboxylic acids is 1. The third-order valence-electron chi connectivity index (χ3n) is 4.10. The topological polar surface area (TPSA) is 32.3 Å². The molecule has 3 rings (SSSR count). The molecule has 1 aromatic heterocycles. The summed E-state index contributed by atoms with van der Waals surface area (Å²) < 4.78 is 0. The number of hydrogen-bond acceptors (Lipinski definition) is 3. The zero-order valence-corrected chi connectivity index (χ0v) is 12.1. The lowest BCUT2D eigenvalue weighted by molar-refractivity contribution is -0.131. The molecule has 19 heavy (non-hydrogen) atoms. The van der Waals surface area contributed by atoms with E-state index in [-0.39, 0.29) is 0 Å². The average Bonchev–Trinajstić information content (AvgIpc) is 3.15. The second kappa shape index (κ2) is 6.06. The van der Waals surface area contributed by atoms with Crippen molar-refractivity contribution in [1.82, 2.24) is 10.2 Å². The number of amides is 1. The molecule has 0 bridgehead atoms. The molecule has 3 nitrogen and oxygen atoms in total. The lowest BCUT2D eigenvalue weighted by Crippen LogP contribution is -2.42. The Balaban J connectivity index is 1.58. The van der Waals surface area contributed by atoms with Gasteiger partial charge in [0.15, 0.2) is 0 Å². The first-order valence-corrected chi connectivity index (χ1v) is 8.28. The van der Waals surface area contributed by atoms with Crippen LogP contribution in [0.2, 0.25) is 0 Å². The van der Waals surface area contributed by atoms with Gasteiger partial charge < -0.3 is 10.2 Å². The largest absolute Gasteiger partial charge is 0.339 e. The summed E-state index contributed by atoms with van der Waals surface area (Å²) in [5.41, 5.74) is 1.17. The van der Waals surface area contributed by atoms with Crippen LogP contribution in [0.1, 0.15) is 31.2 Å². The molecule has 1 N–H and O–H groups in total. The number of hydrogen-bond donors (Lipinski definition) is 1. The molecule has 2 heterocycles. The van der Waals surface area contributed by atoms with Crippen LogP contribution in [-0.4, -0.2) is 36.5 Å². The minimum absolute atomic E-state index is 0.325. The molecule has 0 aromatic carbocycles. The fourth-order valence-corrected chi connectivity index (χ4v) is 3.54. The highest BCUT2D eigenvalue weighted by Gasteiger charge is 2.34. The van der Waals surface area contributed by atoms with Crippen molar-refractivity contribution in [3.63, 3.8) is 0 Å². The molecule has 2 aliphatic rings. The van der Waals surface area contributed by atoms with Gasteiger partial charge in [-0.25, -0.2) is 0 Å². The van der Waals surface area contributed by atoms with Crippen molar-refractivity contribution in [1.29, 1.82) is 0 Å². The summed E-state index contributed by atoms with van der Waals surface area (Å²) in [5.74, 6) is 0.979. The standard InChI is InChI=1S/C15H22N2OS/c18-15(8-12-5-7-19-11-12)17(14-3-4-14)10-13-2-1-6-16-9-13/h5,7,11,13-14,16H,1-4,6,8-10H2. The Kier molecular flexibility index (Phi) is 4.18. The van der Waals surface area contributed by atoms with Gasteiger partial charge in [0.2, 0.25) is 5.91 Å². The predicted octanol–water partition coefficient (Wildman–Crippen LogP) is 2.28. The number of piperidine rings is 1. The summed E-state index contributed by atoms with van der Waals surface area (Å²) in [6, 6.07) is 2.60. The maximum Gasteiger partial charge on any atom is 0.227 e. The number of nitrogens with zero attached hydrogens (tertiary/aromatic N) is 1. The van der Waals surface area contributed by atoms with Crippen LogP contribution < -0.4 is 5.32 Å². The molecule has 0 spiro atoms. The summed E-state index contributed by atoms with van der Waals surface area (Å²) >= 11 is 1.67. The molecule has 1 amide bonds. The van der Waals surface area contributed by atoms with Crippen molar-refractivity contribution in [3.05, 3.63) is 22.4 Å². The van der Waals surface area contributed by atoms with Crippen LogP contribution in [0.25, 0.3) is 0 Å². The van der Waals surface area contributed by atoms with Crippen LogP contribution in [0.4, 0.5) is 0 Å². The van der Waals surface area contributed by atoms with E-state index in [4.69, 9.17) is 0 Å². The Morgan fingerprint density at radius 3 is 2.95 bits per heavy atom. The maximum absolute atomic E-state index is 12.5. The zero-order chi connectivity index (χ0) is 13.1. The molecule has 1 aliphatic heterocycles. The predicted molar refractivity (Wildman–Crippen MR) is 78.4 cm³/mol. The fraction of sp³-hybridized carbons (Fsp3) is 0.667. The van der Waals surface area contributed by atoms with E-state index in [1.165, 1.54) is 31.2 Å². The van der Waals surface area contributed by atoms with Crippen LogP contribution in [0.5, 0.6) is 0 Å². The fourth-order valence-electron chi connectivity index (χ4n) is 2.87. The average molecular weight is 278 g/mol. The molecule has 104 valence electrons. The number of carbonyl (C=O) groups is 1. The van der Waals surface area contributed by atoms with Crippen LogP contribution in [-0.2, 0) is 11.2 Å². The van der Waals surface area contributed by atoms with E-state index >= 15 is 0 Å². The van der Waals surface area contributed by atoms with E-state index in [1.807, 2.05) is 0 Å². The van der Waals surface area contributed by atoms with Crippen LogP contribution in [0.3, 0.4) is 0 Å². The van der Waals surface area contributed by atoms with Crippen LogP contribution in [0, 0.1) is 5.92 Å². The molecule has 0 radical (unpaired) electrons. The van der Waals surface area contributed by atoms with E-state index in [9.17, 15) is 4.79 Å². The van der Waals surface area contributed by atoms with Gasteiger partial charge in [-0.05, 0) is 67.1 Å². The van der Waals surface area contributed by atoms with Gasteiger partial charge >= 0.3 is 0 Å². The van der Waals surface area contributed by atoms with Crippen molar-refractivity contribution in [2.45, 2.75) is 38.1 Å². The highest BCUT2D eigenvalue weighted by molar-refractivity contribution is 7.07.